The van der Waals surface area contributed by atoms with E-state index >= 15 is 0 Å². The van der Waals surface area contributed by atoms with Gasteiger partial charge in [-0.1, -0.05) is 185 Å². The summed E-state index contributed by atoms with van der Waals surface area (Å²) in [5, 5.41) is 2.26. The third-order valence-electron chi connectivity index (χ3n) is 14.5. The van der Waals surface area contributed by atoms with Crippen LogP contribution in [0.1, 0.15) is 61.1 Å². The fraction of sp³-hybridized carbons (Fsp3) is 0.119. The molecule has 1 spiro atoms. The largest absolute Gasteiger partial charge is 0.455 e. The van der Waals surface area contributed by atoms with E-state index in [4.69, 9.17) is 4.42 Å². The van der Waals surface area contributed by atoms with Gasteiger partial charge in [-0.05, 0) is 91.5 Å². The van der Waals surface area contributed by atoms with Crippen molar-refractivity contribution in [1.29, 1.82) is 0 Å². The van der Waals surface area contributed by atoms with E-state index in [0.29, 0.717) is 0 Å². The van der Waals surface area contributed by atoms with Gasteiger partial charge in [0.05, 0.1) is 16.8 Å². The molecule has 0 saturated heterocycles. The second kappa shape index (κ2) is 12.0. The molecule has 0 amide bonds. The first-order valence-electron chi connectivity index (χ1n) is 21.6. The molecule has 0 N–H and O–H groups in total. The fourth-order valence-electron chi connectivity index (χ4n) is 12.0. The first kappa shape index (κ1) is 34.7. The van der Waals surface area contributed by atoms with Crippen molar-refractivity contribution in [2.75, 3.05) is 4.90 Å². The van der Waals surface area contributed by atoms with Gasteiger partial charge in [-0.2, -0.15) is 0 Å². The zero-order valence-corrected chi connectivity index (χ0v) is 34.8. The minimum absolute atomic E-state index is 0.0817. The number of para-hydroxylation sites is 3. The lowest BCUT2D eigenvalue weighted by molar-refractivity contribution is 0.659. The Bertz CT molecular complexity index is 3440. The third kappa shape index (κ3) is 4.37. The average Bonchev–Trinajstić information content (AvgIpc) is 4.05. The zero-order chi connectivity index (χ0) is 40.8. The van der Waals surface area contributed by atoms with Crippen LogP contribution in [0.25, 0.3) is 60.9 Å². The van der Waals surface area contributed by atoms with Crippen molar-refractivity contribution < 1.29 is 4.42 Å². The zero-order valence-electron chi connectivity index (χ0n) is 34.8. The number of hydrogen-bond acceptors (Lipinski definition) is 2. The standard InChI is InChI=1S/C59H43NO/c1-57(2)34-33-49-55(57)44-21-7-12-26-47(44)59(49)46-25-11-6-20-43(46)54-48(59)27-16-29-52(54)60(36-31-32-38-37-17-5-10-24-45(37)58(3,4)50(38)35-36)51-28-13-8-18-39(51)41-22-15-23-42-40-19-9-14-30-53(40)61-56(41)42/h5-35H,1-4H3. The van der Waals surface area contributed by atoms with Gasteiger partial charge in [-0.15, -0.1) is 0 Å². The predicted octanol–water partition coefficient (Wildman–Crippen LogP) is 15.7. The number of furan rings is 1. The molecule has 0 fully saturated rings. The number of nitrogens with zero attached hydrogens (tertiary/aromatic N) is 1. The van der Waals surface area contributed by atoms with Crippen LogP contribution in [-0.4, -0.2) is 0 Å². The van der Waals surface area contributed by atoms with Crippen LogP contribution in [0, 0.1) is 5.41 Å². The van der Waals surface area contributed by atoms with Gasteiger partial charge in [0.25, 0.3) is 0 Å². The van der Waals surface area contributed by atoms with Gasteiger partial charge in [0.2, 0.25) is 0 Å². The van der Waals surface area contributed by atoms with E-state index in [1.165, 1.54) is 66.8 Å². The summed E-state index contributed by atoms with van der Waals surface area (Å²) in [6.45, 7) is 9.49. The molecule has 9 aromatic rings. The molecule has 8 aromatic carbocycles. The Balaban J connectivity index is 1.12. The number of anilines is 3. The van der Waals surface area contributed by atoms with Crippen molar-refractivity contribution in [3.8, 4) is 33.4 Å². The lowest BCUT2D eigenvalue weighted by Gasteiger charge is -2.33. The van der Waals surface area contributed by atoms with Crippen molar-refractivity contribution in [2.45, 2.75) is 38.5 Å². The van der Waals surface area contributed by atoms with Crippen molar-refractivity contribution in [3.05, 3.63) is 227 Å². The molecule has 1 aromatic heterocycles. The molecular formula is C59H43NO. The second-order valence-corrected chi connectivity index (χ2v) is 18.4. The smallest absolute Gasteiger partial charge is 0.143 e. The highest BCUT2D eigenvalue weighted by molar-refractivity contribution is 6.11. The highest BCUT2D eigenvalue weighted by Crippen LogP contribution is 2.68. The molecule has 1 atom stereocenters. The van der Waals surface area contributed by atoms with Crippen molar-refractivity contribution in [2.24, 2.45) is 5.41 Å². The molecule has 13 rings (SSSR count). The van der Waals surface area contributed by atoms with Crippen molar-refractivity contribution in [1.82, 2.24) is 0 Å². The molecule has 0 radical (unpaired) electrons. The molecule has 290 valence electrons. The topological polar surface area (TPSA) is 16.4 Å². The molecule has 2 nitrogen and oxygen atoms in total. The van der Waals surface area contributed by atoms with Crippen LogP contribution in [0.3, 0.4) is 0 Å². The van der Waals surface area contributed by atoms with Crippen molar-refractivity contribution >= 4 is 44.6 Å². The Morgan fingerprint density at radius 2 is 1.03 bits per heavy atom. The van der Waals surface area contributed by atoms with Gasteiger partial charge in [0.1, 0.15) is 11.2 Å². The average molecular weight is 782 g/mol. The van der Waals surface area contributed by atoms with E-state index < -0.39 is 5.41 Å². The van der Waals surface area contributed by atoms with E-state index in [0.717, 1.165) is 50.1 Å². The van der Waals surface area contributed by atoms with Gasteiger partial charge >= 0.3 is 0 Å². The maximum Gasteiger partial charge on any atom is 0.143 e. The predicted molar refractivity (Wildman–Crippen MR) is 253 cm³/mol. The van der Waals surface area contributed by atoms with E-state index in [1.807, 2.05) is 0 Å². The highest BCUT2D eigenvalue weighted by Gasteiger charge is 2.56. The van der Waals surface area contributed by atoms with Crippen LogP contribution < -0.4 is 4.90 Å². The number of hydrogen-bond donors (Lipinski definition) is 0. The first-order valence-corrected chi connectivity index (χ1v) is 21.6. The van der Waals surface area contributed by atoms with Crippen LogP contribution in [0.4, 0.5) is 17.1 Å². The van der Waals surface area contributed by atoms with Crippen LogP contribution in [-0.2, 0) is 10.8 Å². The highest BCUT2D eigenvalue weighted by atomic mass is 16.3. The number of rotatable bonds is 4. The Kier molecular flexibility index (Phi) is 6.81. The van der Waals surface area contributed by atoms with Crippen LogP contribution in [0.5, 0.6) is 0 Å². The number of benzene rings is 8. The minimum atomic E-state index is -0.440. The summed E-state index contributed by atoms with van der Waals surface area (Å²) < 4.78 is 6.75. The molecule has 0 bridgehead atoms. The van der Waals surface area contributed by atoms with Gasteiger partial charge in [0, 0.05) is 44.0 Å². The molecular weight excluding hydrogens is 739 g/mol. The maximum absolute atomic E-state index is 6.75. The fourth-order valence-corrected chi connectivity index (χ4v) is 12.0. The lowest BCUT2D eigenvalue weighted by atomic mass is 9.70. The molecule has 61 heavy (non-hydrogen) atoms. The second-order valence-electron chi connectivity index (χ2n) is 18.4. The number of fused-ring (bicyclic) bond motifs is 15. The van der Waals surface area contributed by atoms with E-state index in [1.54, 1.807) is 0 Å². The van der Waals surface area contributed by atoms with E-state index in [9.17, 15) is 0 Å². The molecule has 0 saturated carbocycles. The molecule has 4 aliphatic rings. The van der Waals surface area contributed by atoms with Crippen LogP contribution in [0.15, 0.2) is 198 Å². The Hall–Kier alpha value is -7.16. The Labute approximate surface area is 356 Å². The molecule has 0 aliphatic heterocycles. The van der Waals surface area contributed by atoms with Gasteiger partial charge in [0.15, 0.2) is 0 Å². The normalized spacial score (nSPS) is 18.0. The summed E-state index contributed by atoms with van der Waals surface area (Å²) in [6.07, 6.45) is 4.86. The molecule has 1 unspecified atom stereocenters. The lowest BCUT2D eigenvalue weighted by Crippen LogP contribution is -2.26. The first-order chi connectivity index (χ1) is 29.8. The quantitative estimate of drug-likeness (QED) is 0.177. The third-order valence-corrected chi connectivity index (χ3v) is 14.5. The molecule has 1 heterocycles. The maximum atomic E-state index is 6.75. The van der Waals surface area contributed by atoms with Crippen LogP contribution >= 0.6 is 0 Å². The van der Waals surface area contributed by atoms with E-state index in [2.05, 4.69) is 221 Å². The van der Waals surface area contributed by atoms with Crippen molar-refractivity contribution in [3.63, 3.8) is 0 Å². The Morgan fingerprint density at radius 3 is 1.87 bits per heavy atom. The summed E-state index contributed by atoms with van der Waals surface area (Å²) in [6, 6.07) is 65.5. The summed E-state index contributed by atoms with van der Waals surface area (Å²) in [7, 11) is 0. The number of allylic oxidation sites excluding steroid dienone is 4. The Morgan fingerprint density at radius 1 is 0.443 bits per heavy atom. The molecule has 4 aliphatic carbocycles. The van der Waals surface area contributed by atoms with Crippen LogP contribution in [0.2, 0.25) is 0 Å². The van der Waals surface area contributed by atoms with Gasteiger partial charge in [-0.25, -0.2) is 0 Å². The summed E-state index contributed by atoms with van der Waals surface area (Å²) in [4.78, 5) is 2.55. The summed E-state index contributed by atoms with van der Waals surface area (Å²) in [5.74, 6) is 0. The monoisotopic (exact) mass is 781 g/mol. The molecule has 2 heteroatoms. The van der Waals surface area contributed by atoms with E-state index in [-0.39, 0.29) is 10.8 Å². The summed E-state index contributed by atoms with van der Waals surface area (Å²) >= 11 is 0. The van der Waals surface area contributed by atoms with Gasteiger partial charge < -0.3 is 9.32 Å². The summed E-state index contributed by atoms with van der Waals surface area (Å²) in [5.41, 5.74) is 22.9. The SMILES string of the molecule is CC1(C)C=CC2=C1c1ccccc1C21c2ccccc2-c2c(N(c3ccc4c(c3)C(C)(C)c3ccccc3-4)c3ccccc3-c3cccc4c3oc3ccccc34)cccc21. The minimum Gasteiger partial charge on any atom is -0.455 e. The van der Waals surface area contributed by atoms with Gasteiger partial charge in [-0.3, -0.25) is 0 Å².